The number of aliphatic carboxylic acids is 1. The number of carbonyl (C=O) groups is 9. The van der Waals surface area contributed by atoms with Gasteiger partial charge in [0.15, 0.2) is 36.0 Å². The fourth-order valence-corrected chi connectivity index (χ4v) is 14.5. The summed E-state index contributed by atoms with van der Waals surface area (Å²) in [6.07, 6.45) is -20.8. The number of carboxylic acids is 1. The molecule has 36 nitrogen and oxygen atoms in total. The van der Waals surface area contributed by atoms with Crippen LogP contribution in [0.4, 0.5) is 0 Å². The normalized spacial score (nSPS) is 27.5. The fraction of sp³-hybridized carbons (Fsp3) is 0.416. The Balaban J connectivity index is 1.11. The molecule has 6 aromatic carbocycles. The molecule has 7 aliphatic heterocycles. The van der Waals surface area contributed by atoms with E-state index in [9.17, 15) is 79.8 Å². The number of nitrogens with two attached hydrogens (primary N) is 1. The van der Waals surface area contributed by atoms with Crippen molar-refractivity contribution in [3.05, 3.63) is 153 Å². The zero-order valence-corrected chi connectivity index (χ0v) is 63.9. The van der Waals surface area contributed by atoms with E-state index in [1.54, 1.807) is 37.3 Å². The molecule has 20 N–H and O–H groups in total. The van der Waals surface area contributed by atoms with Gasteiger partial charge in [-0.25, -0.2) is 9.59 Å². The van der Waals surface area contributed by atoms with Crippen LogP contribution in [0.5, 0.6) is 46.0 Å². The lowest BCUT2D eigenvalue weighted by Crippen LogP contribution is -2.66. The zero-order valence-electron chi connectivity index (χ0n) is 62.4. The number of nitrogens with one attached hydrogen (secondary N) is 8. The highest BCUT2D eigenvalue weighted by atomic mass is 35.5. The summed E-state index contributed by atoms with van der Waals surface area (Å²) in [5.74, 6) is -17.1. The highest BCUT2D eigenvalue weighted by Crippen LogP contribution is 2.50. The number of carboxylic acid groups (broad SMARTS) is 1. The van der Waals surface area contributed by atoms with Gasteiger partial charge in [0.2, 0.25) is 53.4 Å². The van der Waals surface area contributed by atoms with Crippen LogP contribution < -0.4 is 62.5 Å². The molecule has 19 atom stereocenters. The summed E-state index contributed by atoms with van der Waals surface area (Å²) >= 11 is 14.3. The Kier molecular flexibility index (Phi) is 26.8. The third-order valence-corrected chi connectivity index (χ3v) is 20.8. The number of halogens is 2. The first-order valence-corrected chi connectivity index (χ1v) is 37.0. The van der Waals surface area contributed by atoms with Crippen molar-refractivity contribution in [2.45, 2.75) is 169 Å². The Morgan fingerprint density at radius 2 is 1.33 bits per heavy atom. The minimum Gasteiger partial charge on any atom is -0.508 e. The number of phenols is 3. The Morgan fingerprint density at radius 1 is 0.704 bits per heavy atom. The average Bonchev–Trinajstić information content (AvgIpc) is 0.767. The van der Waals surface area contributed by atoms with Crippen LogP contribution in [0.2, 0.25) is 10.0 Å². The van der Waals surface area contributed by atoms with E-state index < -0.39 is 254 Å². The molecule has 115 heavy (non-hydrogen) atoms. The minimum atomic E-state index is -2.39. The number of phenolic OH excluding ortho intramolecular Hbond substituents is 3. The van der Waals surface area contributed by atoms with E-state index in [-0.39, 0.29) is 54.4 Å². The molecular weight excluding hydrogens is 1550 g/mol. The highest BCUT2D eigenvalue weighted by Gasteiger charge is 2.53. The predicted octanol–water partition coefficient (Wildman–Crippen LogP) is 1.50. The molecule has 0 aromatic heterocycles. The third kappa shape index (κ3) is 19.0. The fourth-order valence-electron chi connectivity index (χ4n) is 14.1. The van der Waals surface area contributed by atoms with Crippen molar-refractivity contribution in [1.29, 1.82) is 0 Å². The average molecular weight is 1640 g/mol. The van der Waals surface area contributed by atoms with Crippen molar-refractivity contribution in [2.24, 2.45) is 11.7 Å². The van der Waals surface area contributed by atoms with Crippen molar-refractivity contribution < 1.29 is 132 Å². The molecule has 7 amide bonds. The molecule has 7 heterocycles. The van der Waals surface area contributed by atoms with E-state index in [4.69, 9.17) is 66.8 Å². The van der Waals surface area contributed by atoms with Gasteiger partial charge >= 0.3 is 11.9 Å². The number of amides is 7. The number of carbonyl (C=O) groups excluding carboxylic acids is 8. The Morgan fingerprint density at radius 3 is 1.94 bits per heavy atom. The maximum absolute atomic E-state index is 16.2. The molecule has 0 saturated carbocycles. The number of esters is 1. The van der Waals surface area contributed by atoms with Gasteiger partial charge in [-0.3, -0.25) is 33.6 Å². The smallest absolute Gasteiger partial charge is 0.336 e. The maximum Gasteiger partial charge on any atom is 0.336 e. The van der Waals surface area contributed by atoms with Gasteiger partial charge in [-0.1, -0.05) is 85.6 Å². The van der Waals surface area contributed by atoms with E-state index in [2.05, 4.69) is 42.5 Å². The van der Waals surface area contributed by atoms with Crippen molar-refractivity contribution in [1.82, 2.24) is 42.5 Å². The molecule has 13 unspecified atom stereocenters. The number of fused-ring (bicyclic) bond motifs is 15. The summed E-state index contributed by atoms with van der Waals surface area (Å²) in [6.45, 7) is 5.40. The first-order chi connectivity index (χ1) is 54.6. The summed E-state index contributed by atoms with van der Waals surface area (Å²) in [7, 11) is 2.63. The van der Waals surface area contributed by atoms with Gasteiger partial charge < -0.3 is 137 Å². The summed E-state index contributed by atoms with van der Waals surface area (Å²) in [6, 6.07) is 7.93. The van der Waals surface area contributed by atoms with Crippen molar-refractivity contribution >= 4 is 76.5 Å². The molecule has 0 aliphatic carbocycles. The Hall–Kier alpha value is -10.5. The van der Waals surface area contributed by atoms with Crippen LogP contribution in [0.3, 0.4) is 0 Å². The molecule has 7 aliphatic rings. The second-order valence-corrected chi connectivity index (χ2v) is 29.6. The summed E-state index contributed by atoms with van der Waals surface area (Å²) < 4.78 is 50.3. The van der Waals surface area contributed by atoms with E-state index in [1.807, 2.05) is 13.8 Å². The third-order valence-electron chi connectivity index (χ3n) is 20.2. The molecule has 6 aromatic rings. The SMILES string of the molecule is CN[C@H](CC(C)C)C(=O)NC1C(=O)NC(CC(N)=O)C(=O)N[C@H]2C(=O)NC3C(=O)N[C@H](C(=O)N[C@@H](C(=O)O)c4cc(O)cc(O)c4-c4cc3ccc4O)[C@H](O)c3ccc(c(Cl)c3)Oc3cc2cc(c3OC2OC(CO)C(O)C(O)C2OC2CC(C)(NCC(OCc3ccccc3)C(=O)OC)C(O)C(C)O2)Oc2ccc(cc2Cl)[C@H]1O. The molecule has 38 heteroatoms. The van der Waals surface area contributed by atoms with Gasteiger partial charge in [-0.2, -0.15) is 0 Å². The number of aliphatic hydroxyl groups is 6. The minimum absolute atomic E-state index is 0.0195. The van der Waals surface area contributed by atoms with E-state index in [0.29, 0.717) is 0 Å². The quantitative estimate of drug-likeness (QED) is 0.0482. The van der Waals surface area contributed by atoms with Crippen LogP contribution in [0.25, 0.3) is 11.1 Å². The van der Waals surface area contributed by atoms with E-state index in [0.717, 1.165) is 72.3 Å². The second-order valence-electron chi connectivity index (χ2n) is 28.8. The number of hydrogen-bond donors (Lipinski definition) is 19. The predicted molar refractivity (Wildman–Crippen MR) is 400 cm³/mol. The number of rotatable bonds is 20. The van der Waals surface area contributed by atoms with Gasteiger partial charge in [-0.05, 0) is 116 Å². The van der Waals surface area contributed by atoms with Crippen LogP contribution in [-0.2, 0) is 73.4 Å². The maximum atomic E-state index is 16.2. The molecule has 11 bridgehead atoms. The number of ether oxygens (including phenoxy) is 8. The van der Waals surface area contributed by atoms with Crippen molar-refractivity contribution in [3.63, 3.8) is 0 Å². The lowest BCUT2D eigenvalue weighted by atomic mass is 9.84. The Bertz CT molecular complexity index is 4680. The first-order valence-electron chi connectivity index (χ1n) is 36.2. The van der Waals surface area contributed by atoms with Crippen molar-refractivity contribution in [2.75, 3.05) is 27.3 Å². The van der Waals surface area contributed by atoms with Gasteiger partial charge in [0.1, 0.15) is 89.5 Å². The molecule has 616 valence electrons. The van der Waals surface area contributed by atoms with Crippen LogP contribution in [0, 0.1) is 5.92 Å². The summed E-state index contributed by atoms with van der Waals surface area (Å²) in [5.41, 5.74) is 2.08. The van der Waals surface area contributed by atoms with Gasteiger partial charge in [0, 0.05) is 41.3 Å². The topological polar surface area (TPSA) is 552 Å². The van der Waals surface area contributed by atoms with E-state index >= 15 is 14.4 Å². The Labute approximate surface area is 665 Å². The van der Waals surface area contributed by atoms with Gasteiger partial charge in [-0.15, -0.1) is 0 Å². The number of aliphatic hydroxyl groups excluding tert-OH is 6. The van der Waals surface area contributed by atoms with Crippen molar-refractivity contribution in [3.8, 4) is 57.1 Å². The molecule has 0 radical (unpaired) electrons. The number of aromatic hydroxyl groups is 3. The first kappa shape index (κ1) is 85.3. The number of primary amides is 1. The molecule has 2 fully saturated rings. The molecule has 2 saturated heterocycles. The lowest BCUT2D eigenvalue weighted by molar-refractivity contribution is -0.334. The number of methoxy groups -OCH3 is 1. The second kappa shape index (κ2) is 36.1. The van der Waals surface area contributed by atoms with Crippen LogP contribution in [0.1, 0.15) is 111 Å². The number of likely N-dealkylation sites (N-methyl/N-ethyl adjacent to an activating group) is 1. The lowest BCUT2D eigenvalue weighted by Gasteiger charge is -2.48. The zero-order chi connectivity index (χ0) is 83.3. The largest absolute Gasteiger partial charge is 0.508 e. The number of hydrogen-bond acceptors (Lipinski definition) is 28. The van der Waals surface area contributed by atoms with Crippen LogP contribution >= 0.6 is 23.2 Å². The van der Waals surface area contributed by atoms with Crippen LogP contribution in [0.15, 0.2) is 109 Å². The molecule has 13 rings (SSSR count). The molecule has 0 spiro atoms. The summed E-state index contributed by atoms with van der Waals surface area (Å²) in [4.78, 5) is 131. The molecular formula is C77H87Cl2N9O27. The summed E-state index contributed by atoms with van der Waals surface area (Å²) in [5, 5.41) is 136. The monoisotopic (exact) mass is 1640 g/mol. The van der Waals surface area contributed by atoms with Gasteiger partial charge in [0.05, 0.1) is 55.0 Å². The highest BCUT2D eigenvalue weighted by molar-refractivity contribution is 6.32. The standard InChI is InChI=1S/C77H87Cl2N9O27/c1-31(2)18-43(81-5)68(99)87-59-61(94)35-13-16-47(41(78)20-35)111-49-22-37-23-50(65(49)115-76-66(64(97)63(96)52(29-89)113-76)114-54-27-77(4,67(98)32(3)110-54)82-28-51(75(107)108-6)109-30-33-10-8-7-9-11-33)112-48-17-14-36(21-42(48)79)62(95)60-73(104)86-58(74(105)106)40-24-38(90)25-46(92)55(40)39-19-34(12-15-45(39)91)56(70(101)88-60)85-71(102)57(37)84-69(100)44(26-53(80)93)83-72(59)103/h7-17,19-25,31-32,43-44,51-52,54,56-64,66-67,76,81-82,89-92,94-98H,18,26-30H2,1-6H3,(H2,80,93)(H,83,103)(H,84,100)(H,85,102)(H,86,104)(H,87,99)(H,88,101)(H,105,106)/t32?,43-,44?,51?,52?,54?,56?,57-,58-,59?,60+,61-,62-,63?,64?,66?,67?,76?,77?/m1/s1. The number of benzene rings is 6. The van der Waals surface area contributed by atoms with E-state index in [1.165, 1.54) is 33.2 Å². The van der Waals surface area contributed by atoms with Crippen LogP contribution in [-0.4, -0.2) is 217 Å². The van der Waals surface area contributed by atoms with Gasteiger partial charge in [0.25, 0.3) is 0 Å².